The number of rotatable bonds is 0. The van der Waals surface area contributed by atoms with Crippen molar-refractivity contribution in [3.63, 3.8) is 0 Å². The molecule has 3 aliphatic heterocycles. The second-order valence-corrected chi connectivity index (χ2v) is 8.01. The SMILES string of the molecule is O=C1CCCc2cn(nn2)CCCOc2ccc(cc2)C(=O)N2CCCCC2CN1. The van der Waals surface area contributed by atoms with Crippen LogP contribution in [-0.2, 0) is 17.8 Å². The van der Waals surface area contributed by atoms with E-state index in [1.165, 1.54) is 0 Å². The number of aromatic nitrogens is 3. The molecule has 1 unspecified atom stereocenters. The summed E-state index contributed by atoms with van der Waals surface area (Å²) in [4.78, 5) is 27.3. The Labute approximate surface area is 176 Å². The number of carbonyl (C=O) groups is 2. The lowest BCUT2D eigenvalue weighted by atomic mass is 10.0. The van der Waals surface area contributed by atoms with Crippen molar-refractivity contribution in [1.82, 2.24) is 25.2 Å². The van der Waals surface area contributed by atoms with Crippen LogP contribution in [0, 0.1) is 0 Å². The van der Waals surface area contributed by atoms with E-state index in [1.54, 1.807) is 0 Å². The maximum absolute atomic E-state index is 13.1. The first-order valence-corrected chi connectivity index (χ1v) is 10.9. The molecule has 8 heteroatoms. The Balaban J connectivity index is 1.48. The van der Waals surface area contributed by atoms with Gasteiger partial charge in [0.15, 0.2) is 0 Å². The van der Waals surface area contributed by atoms with Crippen LogP contribution in [0.4, 0.5) is 0 Å². The standard InChI is InChI=1S/C22H29N5O3/c28-21-7-3-5-18-16-26(25-24-18)12-4-14-30-20-10-8-17(9-11-20)22(29)27-13-2-1-6-19(27)15-23-21/h8-11,16,19H,1-7,12-15H2,(H,23,28). The summed E-state index contributed by atoms with van der Waals surface area (Å²) in [6.45, 7) is 2.52. The van der Waals surface area contributed by atoms with Gasteiger partial charge in [0, 0.05) is 50.3 Å². The topological polar surface area (TPSA) is 89.4 Å². The summed E-state index contributed by atoms with van der Waals surface area (Å²) in [6.07, 6.45) is 7.64. The van der Waals surface area contributed by atoms with Gasteiger partial charge in [0.05, 0.1) is 12.3 Å². The summed E-state index contributed by atoms with van der Waals surface area (Å²) < 4.78 is 7.62. The van der Waals surface area contributed by atoms with Crippen LogP contribution < -0.4 is 10.1 Å². The fourth-order valence-electron chi connectivity index (χ4n) is 4.07. The number of ether oxygens (including phenoxy) is 1. The van der Waals surface area contributed by atoms with Crippen LogP contribution in [0.1, 0.15) is 54.6 Å². The number of nitrogens with one attached hydrogen (secondary N) is 1. The molecule has 4 heterocycles. The Morgan fingerprint density at radius 2 is 1.87 bits per heavy atom. The lowest BCUT2D eigenvalue weighted by molar-refractivity contribution is -0.121. The molecule has 1 N–H and O–H groups in total. The summed E-state index contributed by atoms with van der Waals surface area (Å²) in [5.41, 5.74) is 1.56. The predicted molar refractivity (Wildman–Crippen MR) is 111 cm³/mol. The smallest absolute Gasteiger partial charge is 0.254 e. The van der Waals surface area contributed by atoms with Crippen molar-refractivity contribution in [3.05, 3.63) is 41.7 Å². The van der Waals surface area contributed by atoms with Gasteiger partial charge in [-0.1, -0.05) is 5.21 Å². The van der Waals surface area contributed by atoms with E-state index >= 15 is 0 Å². The minimum atomic E-state index is 0.0226. The summed E-state index contributed by atoms with van der Waals surface area (Å²) in [6, 6.07) is 7.38. The van der Waals surface area contributed by atoms with Gasteiger partial charge < -0.3 is 15.0 Å². The van der Waals surface area contributed by atoms with Crippen LogP contribution in [0.25, 0.3) is 0 Å². The lowest BCUT2D eigenvalue weighted by Crippen LogP contribution is -2.49. The van der Waals surface area contributed by atoms with Gasteiger partial charge in [-0.2, -0.15) is 0 Å². The Bertz CT molecular complexity index is 864. The fraction of sp³-hybridized carbons (Fsp3) is 0.545. The quantitative estimate of drug-likeness (QED) is 0.718. The highest BCUT2D eigenvalue weighted by Gasteiger charge is 2.27. The van der Waals surface area contributed by atoms with Crippen LogP contribution >= 0.6 is 0 Å². The summed E-state index contributed by atoms with van der Waals surface area (Å²) >= 11 is 0. The molecule has 5 rings (SSSR count). The molecule has 1 aromatic carbocycles. The van der Waals surface area contributed by atoms with Crippen LogP contribution in [0.5, 0.6) is 5.75 Å². The zero-order valence-corrected chi connectivity index (χ0v) is 17.3. The molecule has 2 amide bonds. The normalized spacial score (nSPS) is 21.5. The number of fused-ring (bicyclic) bond motifs is 10. The van der Waals surface area contributed by atoms with Crippen LogP contribution in [0.15, 0.2) is 30.5 Å². The number of carbonyl (C=O) groups excluding carboxylic acids is 2. The first kappa shape index (κ1) is 20.4. The molecule has 0 spiro atoms. The van der Waals surface area contributed by atoms with E-state index < -0.39 is 0 Å². The maximum atomic E-state index is 13.1. The van der Waals surface area contributed by atoms with Crippen molar-refractivity contribution in [2.75, 3.05) is 19.7 Å². The summed E-state index contributed by atoms with van der Waals surface area (Å²) in [5.74, 6) is 0.799. The molecule has 1 atom stereocenters. The van der Waals surface area contributed by atoms with E-state index in [9.17, 15) is 9.59 Å². The highest BCUT2D eigenvalue weighted by Crippen LogP contribution is 2.21. The summed E-state index contributed by atoms with van der Waals surface area (Å²) in [7, 11) is 0. The second kappa shape index (κ2) is 9.73. The maximum Gasteiger partial charge on any atom is 0.254 e. The van der Waals surface area contributed by atoms with Gasteiger partial charge >= 0.3 is 0 Å². The van der Waals surface area contributed by atoms with E-state index in [1.807, 2.05) is 40.0 Å². The molecule has 4 bridgehead atoms. The zero-order chi connectivity index (χ0) is 20.8. The molecule has 160 valence electrons. The molecule has 1 saturated heterocycles. The average molecular weight is 412 g/mol. The van der Waals surface area contributed by atoms with Gasteiger partial charge in [-0.3, -0.25) is 14.3 Å². The Kier molecular flexibility index (Phi) is 6.61. The van der Waals surface area contributed by atoms with Crippen molar-refractivity contribution in [2.24, 2.45) is 0 Å². The van der Waals surface area contributed by atoms with Crippen LogP contribution in [-0.4, -0.2) is 57.4 Å². The Morgan fingerprint density at radius 1 is 1.00 bits per heavy atom. The minimum absolute atomic E-state index is 0.0226. The molecular weight excluding hydrogens is 382 g/mol. The first-order valence-electron chi connectivity index (χ1n) is 10.9. The van der Waals surface area contributed by atoms with E-state index in [4.69, 9.17) is 4.74 Å². The number of hydrogen-bond donors (Lipinski definition) is 1. The number of piperidine rings is 1. The Hall–Kier alpha value is -2.90. The highest BCUT2D eigenvalue weighted by molar-refractivity contribution is 5.94. The number of hydrogen-bond acceptors (Lipinski definition) is 5. The molecule has 0 aliphatic carbocycles. The molecule has 3 aliphatic rings. The largest absolute Gasteiger partial charge is 0.494 e. The number of amides is 2. The zero-order valence-electron chi connectivity index (χ0n) is 17.3. The van der Waals surface area contributed by atoms with Gasteiger partial charge in [-0.05, 0) is 56.4 Å². The van der Waals surface area contributed by atoms with Gasteiger partial charge in [-0.15, -0.1) is 5.10 Å². The third kappa shape index (κ3) is 5.17. The minimum Gasteiger partial charge on any atom is -0.494 e. The number of benzene rings is 1. The molecule has 8 nitrogen and oxygen atoms in total. The average Bonchev–Trinajstić information content (AvgIpc) is 3.22. The van der Waals surface area contributed by atoms with E-state index in [-0.39, 0.29) is 17.9 Å². The van der Waals surface area contributed by atoms with Gasteiger partial charge in [0.1, 0.15) is 5.75 Å². The molecule has 0 radical (unpaired) electrons. The number of nitrogens with zero attached hydrogens (tertiary/aromatic N) is 4. The Morgan fingerprint density at radius 3 is 2.73 bits per heavy atom. The van der Waals surface area contributed by atoms with Gasteiger partial charge in [-0.25, -0.2) is 0 Å². The second-order valence-electron chi connectivity index (χ2n) is 8.01. The van der Waals surface area contributed by atoms with E-state index in [0.717, 1.165) is 63.1 Å². The van der Waals surface area contributed by atoms with Crippen molar-refractivity contribution in [3.8, 4) is 5.75 Å². The van der Waals surface area contributed by atoms with Crippen LogP contribution in [0.3, 0.4) is 0 Å². The van der Waals surface area contributed by atoms with Crippen molar-refractivity contribution in [1.29, 1.82) is 0 Å². The van der Waals surface area contributed by atoms with Crippen LogP contribution in [0.2, 0.25) is 0 Å². The van der Waals surface area contributed by atoms with E-state index in [0.29, 0.717) is 25.1 Å². The molecule has 2 aromatic rings. The fourth-order valence-corrected chi connectivity index (χ4v) is 4.07. The van der Waals surface area contributed by atoms with E-state index in [2.05, 4.69) is 15.6 Å². The third-order valence-corrected chi connectivity index (χ3v) is 5.75. The van der Waals surface area contributed by atoms with Crippen molar-refractivity contribution < 1.29 is 14.3 Å². The molecule has 1 aromatic heterocycles. The predicted octanol–water partition coefficient (Wildman–Crippen LogP) is 2.19. The van der Waals surface area contributed by atoms with Crippen molar-refractivity contribution >= 4 is 11.8 Å². The lowest BCUT2D eigenvalue weighted by Gasteiger charge is -2.36. The monoisotopic (exact) mass is 411 g/mol. The van der Waals surface area contributed by atoms with Crippen molar-refractivity contribution in [2.45, 2.75) is 57.5 Å². The first-order chi connectivity index (χ1) is 14.7. The highest BCUT2D eigenvalue weighted by atomic mass is 16.5. The molecule has 0 saturated carbocycles. The third-order valence-electron chi connectivity index (χ3n) is 5.75. The summed E-state index contributed by atoms with van der Waals surface area (Å²) in [5, 5.41) is 11.4. The molecule has 30 heavy (non-hydrogen) atoms. The number of aryl methyl sites for hydroxylation is 2. The van der Waals surface area contributed by atoms with Gasteiger partial charge in [0.2, 0.25) is 5.91 Å². The van der Waals surface area contributed by atoms with Gasteiger partial charge in [0.25, 0.3) is 5.91 Å². The molecular formula is C22H29N5O3. The molecule has 1 fully saturated rings.